The summed E-state index contributed by atoms with van der Waals surface area (Å²) in [6.45, 7) is 2.88. The van der Waals surface area contributed by atoms with Crippen molar-refractivity contribution in [2.24, 2.45) is 0 Å². The smallest absolute Gasteiger partial charge is 0.250 e. The third kappa shape index (κ3) is 5.34. The van der Waals surface area contributed by atoms with E-state index in [9.17, 15) is 13.6 Å². The quantitative estimate of drug-likeness (QED) is 0.861. The number of carbonyl (C=O) groups is 1. The summed E-state index contributed by atoms with van der Waals surface area (Å²) >= 11 is 0. The van der Waals surface area contributed by atoms with E-state index in [-0.39, 0.29) is 5.91 Å². The molecular weight excluding hydrogens is 338 g/mol. The first kappa shape index (κ1) is 18.5. The van der Waals surface area contributed by atoms with Crippen LogP contribution in [0.15, 0.2) is 48.5 Å². The number of morpholine rings is 1. The molecule has 6 heteroatoms. The van der Waals surface area contributed by atoms with Gasteiger partial charge in [0, 0.05) is 32.2 Å². The largest absolute Gasteiger partial charge is 0.366 e. The molecule has 1 N–H and O–H groups in total. The normalized spacial score (nSPS) is 17.8. The van der Waals surface area contributed by atoms with Crippen LogP contribution >= 0.6 is 0 Å². The van der Waals surface area contributed by atoms with Gasteiger partial charge >= 0.3 is 0 Å². The molecular formula is C20H22F2N2O2. The summed E-state index contributed by atoms with van der Waals surface area (Å²) in [4.78, 5) is 14.5. The monoisotopic (exact) mass is 360 g/mol. The average Bonchev–Trinajstić information content (AvgIpc) is 2.62. The Labute approximate surface area is 151 Å². The number of hydrogen-bond donors (Lipinski definition) is 1. The highest BCUT2D eigenvalue weighted by atomic mass is 19.1. The van der Waals surface area contributed by atoms with E-state index >= 15 is 0 Å². The van der Waals surface area contributed by atoms with Crippen molar-refractivity contribution in [1.82, 2.24) is 10.2 Å². The van der Waals surface area contributed by atoms with Crippen LogP contribution in [0.25, 0.3) is 0 Å². The Bertz CT molecular complexity index is 720. The summed E-state index contributed by atoms with van der Waals surface area (Å²) in [6, 6.07) is 13.5. The van der Waals surface area contributed by atoms with E-state index in [0.29, 0.717) is 31.7 Å². The van der Waals surface area contributed by atoms with Crippen molar-refractivity contribution in [1.29, 1.82) is 0 Å². The Kier molecular flexibility index (Phi) is 6.30. The number of hydrogen-bond acceptors (Lipinski definition) is 3. The molecule has 1 aliphatic rings. The van der Waals surface area contributed by atoms with Crippen LogP contribution in [0.1, 0.15) is 11.1 Å². The number of carbonyl (C=O) groups excluding carboxylic acids is 1. The molecule has 26 heavy (non-hydrogen) atoms. The zero-order valence-electron chi connectivity index (χ0n) is 14.5. The van der Waals surface area contributed by atoms with Gasteiger partial charge in [-0.15, -0.1) is 0 Å². The van der Waals surface area contributed by atoms with Crippen LogP contribution < -0.4 is 5.32 Å². The van der Waals surface area contributed by atoms with Crippen LogP contribution in [-0.2, 0) is 22.5 Å². The Morgan fingerprint density at radius 3 is 2.58 bits per heavy atom. The number of benzene rings is 2. The second-order valence-electron chi connectivity index (χ2n) is 6.40. The number of rotatable bonds is 6. The molecule has 3 rings (SSSR count). The number of amides is 1. The molecule has 1 atom stereocenters. The van der Waals surface area contributed by atoms with Crippen LogP contribution in [0, 0.1) is 11.6 Å². The fourth-order valence-corrected chi connectivity index (χ4v) is 3.05. The van der Waals surface area contributed by atoms with E-state index in [1.54, 1.807) is 0 Å². The van der Waals surface area contributed by atoms with Gasteiger partial charge in [-0.05, 0) is 29.7 Å². The van der Waals surface area contributed by atoms with Crippen molar-refractivity contribution >= 4 is 5.91 Å². The van der Waals surface area contributed by atoms with Crippen molar-refractivity contribution in [3.05, 3.63) is 71.3 Å². The van der Waals surface area contributed by atoms with Gasteiger partial charge in [0.15, 0.2) is 0 Å². The summed E-state index contributed by atoms with van der Waals surface area (Å²) in [5.74, 6) is -1.42. The van der Waals surface area contributed by atoms with Crippen molar-refractivity contribution in [3.8, 4) is 0 Å². The van der Waals surface area contributed by atoms with Gasteiger partial charge in [-0.1, -0.05) is 30.3 Å². The molecule has 2 aromatic carbocycles. The fourth-order valence-electron chi connectivity index (χ4n) is 3.05. The number of halogens is 2. The lowest BCUT2D eigenvalue weighted by molar-refractivity contribution is -0.138. The Hall–Kier alpha value is -2.31. The van der Waals surface area contributed by atoms with Crippen LogP contribution in [-0.4, -0.2) is 43.2 Å². The molecule has 138 valence electrons. The molecule has 0 aliphatic carbocycles. The second kappa shape index (κ2) is 8.87. The minimum absolute atomic E-state index is 0.195. The molecule has 0 radical (unpaired) electrons. The van der Waals surface area contributed by atoms with Crippen LogP contribution in [0.4, 0.5) is 8.78 Å². The summed E-state index contributed by atoms with van der Waals surface area (Å²) < 4.78 is 31.9. The zero-order valence-corrected chi connectivity index (χ0v) is 14.5. The van der Waals surface area contributed by atoms with Crippen LogP contribution in [0.5, 0.6) is 0 Å². The first-order valence-electron chi connectivity index (χ1n) is 8.71. The van der Waals surface area contributed by atoms with E-state index in [0.717, 1.165) is 19.2 Å². The molecule has 0 bridgehead atoms. The van der Waals surface area contributed by atoms with Gasteiger partial charge in [-0.2, -0.15) is 0 Å². The molecule has 1 unspecified atom stereocenters. The highest BCUT2D eigenvalue weighted by Crippen LogP contribution is 2.11. The fraction of sp³-hybridized carbons (Fsp3) is 0.350. The van der Waals surface area contributed by atoms with E-state index in [4.69, 9.17) is 4.74 Å². The SMILES string of the molecule is O=C(NCCc1cc(F)cc(F)c1)C1CN(Cc2ccccc2)CCO1. The summed E-state index contributed by atoms with van der Waals surface area (Å²) in [5, 5.41) is 2.79. The topological polar surface area (TPSA) is 41.6 Å². The van der Waals surface area contributed by atoms with Gasteiger partial charge < -0.3 is 10.1 Å². The predicted octanol–water partition coefficient (Wildman–Crippen LogP) is 2.52. The maximum atomic E-state index is 13.2. The van der Waals surface area contributed by atoms with Gasteiger partial charge in [-0.3, -0.25) is 9.69 Å². The summed E-state index contributed by atoms with van der Waals surface area (Å²) in [5.41, 5.74) is 1.71. The predicted molar refractivity (Wildman–Crippen MR) is 94.5 cm³/mol. The highest BCUT2D eigenvalue weighted by molar-refractivity contribution is 5.81. The second-order valence-corrected chi connectivity index (χ2v) is 6.40. The van der Waals surface area contributed by atoms with Crippen LogP contribution in [0.2, 0.25) is 0 Å². The number of ether oxygens (including phenoxy) is 1. The van der Waals surface area contributed by atoms with Crippen LogP contribution in [0.3, 0.4) is 0 Å². The molecule has 0 saturated carbocycles. The van der Waals surface area contributed by atoms with E-state index < -0.39 is 17.7 Å². The minimum Gasteiger partial charge on any atom is -0.366 e. The zero-order chi connectivity index (χ0) is 18.4. The minimum atomic E-state index is -0.613. The van der Waals surface area contributed by atoms with Gasteiger partial charge in [0.2, 0.25) is 5.91 Å². The maximum Gasteiger partial charge on any atom is 0.250 e. The number of nitrogens with one attached hydrogen (secondary N) is 1. The third-order valence-electron chi connectivity index (χ3n) is 4.33. The van der Waals surface area contributed by atoms with Gasteiger partial charge in [0.1, 0.15) is 17.7 Å². The summed E-state index contributed by atoms with van der Waals surface area (Å²) in [7, 11) is 0. The lowest BCUT2D eigenvalue weighted by atomic mass is 10.1. The molecule has 0 spiro atoms. The first-order valence-corrected chi connectivity index (χ1v) is 8.71. The van der Waals surface area contributed by atoms with Crippen molar-refractivity contribution in [2.75, 3.05) is 26.2 Å². The molecule has 2 aromatic rings. The molecule has 1 amide bonds. The van der Waals surface area contributed by atoms with E-state index in [2.05, 4.69) is 22.3 Å². The maximum absolute atomic E-state index is 13.2. The molecule has 1 aliphatic heterocycles. The first-order chi connectivity index (χ1) is 12.6. The van der Waals surface area contributed by atoms with Crippen molar-refractivity contribution in [2.45, 2.75) is 19.1 Å². The molecule has 1 heterocycles. The third-order valence-corrected chi connectivity index (χ3v) is 4.33. The average molecular weight is 360 g/mol. The van der Waals surface area contributed by atoms with E-state index in [1.807, 2.05) is 18.2 Å². The van der Waals surface area contributed by atoms with Crippen molar-refractivity contribution < 1.29 is 18.3 Å². The highest BCUT2D eigenvalue weighted by Gasteiger charge is 2.26. The molecule has 0 aromatic heterocycles. The van der Waals surface area contributed by atoms with E-state index in [1.165, 1.54) is 17.7 Å². The van der Waals surface area contributed by atoms with Gasteiger partial charge in [0.05, 0.1) is 6.61 Å². The Morgan fingerprint density at radius 1 is 1.12 bits per heavy atom. The van der Waals surface area contributed by atoms with Gasteiger partial charge in [0.25, 0.3) is 0 Å². The lowest BCUT2D eigenvalue weighted by Gasteiger charge is -2.32. The standard InChI is InChI=1S/C20H22F2N2O2/c21-17-10-16(11-18(22)12-17)6-7-23-20(25)19-14-24(8-9-26-19)13-15-4-2-1-3-5-15/h1-5,10-12,19H,6-9,13-14H2,(H,23,25). The molecule has 1 fully saturated rings. The molecule has 4 nitrogen and oxygen atoms in total. The summed E-state index contributed by atoms with van der Waals surface area (Å²) in [6.07, 6.45) is -0.169. The Balaban J connectivity index is 1.46. The Morgan fingerprint density at radius 2 is 1.85 bits per heavy atom. The number of nitrogens with zero attached hydrogens (tertiary/aromatic N) is 1. The lowest BCUT2D eigenvalue weighted by Crippen LogP contribution is -2.49. The van der Waals surface area contributed by atoms with Crippen molar-refractivity contribution in [3.63, 3.8) is 0 Å². The molecule has 1 saturated heterocycles. The van der Waals surface area contributed by atoms with Gasteiger partial charge in [-0.25, -0.2) is 8.78 Å².